The minimum Gasteiger partial charge on any atom is -0.298 e. The van der Waals surface area contributed by atoms with Gasteiger partial charge in [-0.1, -0.05) is 29.8 Å². The van der Waals surface area contributed by atoms with E-state index in [0.717, 1.165) is 17.4 Å². The predicted octanol–water partition coefficient (Wildman–Crippen LogP) is 4.13. The van der Waals surface area contributed by atoms with E-state index in [4.69, 9.17) is 11.6 Å². The summed E-state index contributed by atoms with van der Waals surface area (Å²) in [4.78, 5) is 11.2. The molecule has 0 amide bonds. The molecule has 2 heterocycles. The third-order valence-corrected chi connectivity index (χ3v) is 4.05. The van der Waals surface area contributed by atoms with E-state index in [-0.39, 0.29) is 0 Å². The number of halogens is 1. The van der Waals surface area contributed by atoms with E-state index in [0.29, 0.717) is 22.8 Å². The Balaban J connectivity index is 1.96. The summed E-state index contributed by atoms with van der Waals surface area (Å²) < 4.78 is 1.75. The van der Waals surface area contributed by atoms with Crippen molar-refractivity contribution in [2.24, 2.45) is 0 Å². The normalized spacial score (nSPS) is 10.7. The van der Waals surface area contributed by atoms with E-state index in [9.17, 15) is 4.79 Å². The van der Waals surface area contributed by atoms with Crippen molar-refractivity contribution in [3.8, 4) is 11.3 Å². The molecule has 0 fully saturated rings. The number of benzene rings is 1. The molecule has 3 nitrogen and oxygen atoms in total. The van der Waals surface area contributed by atoms with Crippen LogP contribution in [0.2, 0.25) is 5.02 Å². The first-order valence-corrected chi connectivity index (χ1v) is 7.38. The number of thiophene rings is 1. The van der Waals surface area contributed by atoms with Gasteiger partial charge in [0, 0.05) is 22.2 Å². The molecular formula is C15H11ClN2OS. The third kappa shape index (κ3) is 2.53. The van der Waals surface area contributed by atoms with Gasteiger partial charge in [-0.15, -0.1) is 0 Å². The Bertz CT molecular complexity index is 734. The monoisotopic (exact) mass is 302 g/mol. The van der Waals surface area contributed by atoms with Crippen molar-refractivity contribution in [1.82, 2.24) is 9.78 Å². The molecule has 0 aliphatic rings. The van der Waals surface area contributed by atoms with Crippen molar-refractivity contribution < 1.29 is 4.79 Å². The zero-order valence-electron chi connectivity index (χ0n) is 10.5. The lowest BCUT2D eigenvalue weighted by Gasteiger charge is -2.03. The number of hydrogen-bond acceptors (Lipinski definition) is 3. The Labute approximate surface area is 125 Å². The van der Waals surface area contributed by atoms with E-state index in [1.807, 2.05) is 41.1 Å². The van der Waals surface area contributed by atoms with Gasteiger partial charge in [-0.25, -0.2) is 0 Å². The average molecular weight is 303 g/mol. The Morgan fingerprint density at radius 3 is 2.85 bits per heavy atom. The van der Waals surface area contributed by atoms with Crippen LogP contribution in [-0.2, 0) is 6.54 Å². The molecule has 0 aliphatic heterocycles. The average Bonchev–Trinajstić information content (AvgIpc) is 3.09. The van der Waals surface area contributed by atoms with Crippen LogP contribution in [0.5, 0.6) is 0 Å². The van der Waals surface area contributed by atoms with E-state index < -0.39 is 0 Å². The van der Waals surface area contributed by atoms with Crippen molar-refractivity contribution in [2.45, 2.75) is 6.54 Å². The molecule has 0 spiro atoms. The van der Waals surface area contributed by atoms with Gasteiger partial charge < -0.3 is 0 Å². The molecule has 0 saturated carbocycles. The highest BCUT2D eigenvalue weighted by atomic mass is 35.5. The van der Waals surface area contributed by atoms with Crippen LogP contribution in [0.15, 0.2) is 47.3 Å². The smallest absolute Gasteiger partial charge is 0.153 e. The fraction of sp³-hybridized carbons (Fsp3) is 0.0667. The molecule has 5 heteroatoms. The second kappa shape index (κ2) is 5.61. The SMILES string of the molecule is O=Cc1cn(Cc2ccccc2Cl)nc1-c1ccsc1. The minimum absolute atomic E-state index is 0.546. The van der Waals surface area contributed by atoms with Crippen LogP contribution < -0.4 is 0 Å². The number of carbonyl (C=O) groups is 1. The summed E-state index contributed by atoms with van der Waals surface area (Å²) in [6.45, 7) is 0.546. The first kappa shape index (κ1) is 13.1. The van der Waals surface area contributed by atoms with Crippen LogP contribution in [0.3, 0.4) is 0 Å². The van der Waals surface area contributed by atoms with Gasteiger partial charge in [0.2, 0.25) is 0 Å². The number of rotatable bonds is 4. The summed E-state index contributed by atoms with van der Waals surface area (Å²) in [6.07, 6.45) is 2.59. The molecule has 20 heavy (non-hydrogen) atoms. The number of carbonyl (C=O) groups excluding carboxylic acids is 1. The van der Waals surface area contributed by atoms with Gasteiger partial charge in [-0.3, -0.25) is 9.48 Å². The molecule has 3 aromatic rings. The minimum atomic E-state index is 0.546. The summed E-state index contributed by atoms with van der Waals surface area (Å²) in [5.74, 6) is 0. The van der Waals surface area contributed by atoms with Crippen molar-refractivity contribution >= 4 is 29.2 Å². The second-order valence-corrected chi connectivity index (χ2v) is 5.54. The summed E-state index contributed by atoms with van der Waals surface area (Å²) in [6, 6.07) is 9.59. The van der Waals surface area contributed by atoms with Crippen LogP contribution in [0.1, 0.15) is 15.9 Å². The fourth-order valence-electron chi connectivity index (χ4n) is 2.03. The fourth-order valence-corrected chi connectivity index (χ4v) is 2.86. The quantitative estimate of drug-likeness (QED) is 0.679. The zero-order valence-corrected chi connectivity index (χ0v) is 12.1. The van der Waals surface area contributed by atoms with E-state index >= 15 is 0 Å². The second-order valence-electron chi connectivity index (χ2n) is 4.35. The molecular weight excluding hydrogens is 292 g/mol. The number of aromatic nitrogens is 2. The summed E-state index contributed by atoms with van der Waals surface area (Å²) in [5.41, 5.74) is 3.25. The van der Waals surface area contributed by atoms with Crippen LogP contribution >= 0.6 is 22.9 Å². The van der Waals surface area contributed by atoms with Crippen LogP contribution in [-0.4, -0.2) is 16.1 Å². The molecule has 0 atom stereocenters. The third-order valence-electron chi connectivity index (χ3n) is 3.00. The number of nitrogens with zero attached hydrogens (tertiary/aromatic N) is 2. The molecule has 3 rings (SSSR count). The zero-order chi connectivity index (χ0) is 13.9. The highest BCUT2D eigenvalue weighted by molar-refractivity contribution is 7.08. The highest BCUT2D eigenvalue weighted by Crippen LogP contribution is 2.24. The lowest BCUT2D eigenvalue weighted by atomic mass is 10.2. The maximum atomic E-state index is 11.2. The topological polar surface area (TPSA) is 34.9 Å². The van der Waals surface area contributed by atoms with Gasteiger partial charge in [0.25, 0.3) is 0 Å². The largest absolute Gasteiger partial charge is 0.298 e. The van der Waals surface area contributed by atoms with Gasteiger partial charge >= 0.3 is 0 Å². The maximum absolute atomic E-state index is 11.2. The molecule has 1 aromatic carbocycles. The van der Waals surface area contributed by atoms with Gasteiger partial charge in [-0.05, 0) is 23.1 Å². The van der Waals surface area contributed by atoms with Gasteiger partial charge in [0.15, 0.2) is 6.29 Å². The van der Waals surface area contributed by atoms with Crippen molar-refractivity contribution in [1.29, 1.82) is 0 Å². The lowest BCUT2D eigenvalue weighted by Crippen LogP contribution is -2.00. The highest BCUT2D eigenvalue weighted by Gasteiger charge is 2.11. The van der Waals surface area contributed by atoms with Crippen molar-refractivity contribution in [3.05, 3.63) is 63.4 Å². The molecule has 0 saturated heterocycles. The Morgan fingerprint density at radius 1 is 1.30 bits per heavy atom. The van der Waals surface area contributed by atoms with Gasteiger partial charge in [0.1, 0.15) is 5.69 Å². The van der Waals surface area contributed by atoms with Crippen molar-refractivity contribution in [3.63, 3.8) is 0 Å². The van der Waals surface area contributed by atoms with Gasteiger partial charge in [-0.2, -0.15) is 16.4 Å². The van der Waals surface area contributed by atoms with E-state index in [1.165, 1.54) is 0 Å². The number of hydrogen-bond donors (Lipinski definition) is 0. The Kier molecular flexibility index (Phi) is 3.67. The van der Waals surface area contributed by atoms with Gasteiger partial charge in [0.05, 0.1) is 12.1 Å². The predicted molar refractivity (Wildman–Crippen MR) is 81.5 cm³/mol. The summed E-state index contributed by atoms with van der Waals surface area (Å²) in [7, 11) is 0. The van der Waals surface area contributed by atoms with Crippen molar-refractivity contribution in [2.75, 3.05) is 0 Å². The number of aldehydes is 1. The maximum Gasteiger partial charge on any atom is 0.153 e. The van der Waals surface area contributed by atoms with Crippen LogP contribution in [0.4, 0.5) is 0 Å². The van der Waals surface area contributed by atoms with Crippen LogP contribution in [0.25, 0.3) is 11.3 Å². The van der Waals surface area contributed by atoms with Crippen LogP contribution in [0, 0.1) is 0 Å². The first-order chi connectivity index (χ1) is 9.78. The molecule has 0 N–H and O–H groups in total. The summed E-state index contributed by atoms with van der Waals surface area (Å²) >= 11 is 7.73. The Hall–Kier alpha value is -1.91. The Morgan fingerprint density at radius 2 is 2.15 bits per heavy atom. The standard InChI is InChI=1S/C15H11ClN2OS/c16-14-4-2-1-3-11(14)7-18-8-13(9-19)15(17-18)12-5-6-20-10-12/h1-6,8-10H,7H2. The molecule has 2 aromatic heterocycles. The first-order valence-electron chi connectivity index (χ1n) is 6.06. The van der Waals surface area contributed by atoms with E-state index in [1.54, 1.807) is 22.2 Å². The molecule has 0 bridgehead atoms. The molecule has 0 aliphatic carbocycles. The molecule has 0 unspecified atom stereocenters. The lowest BCUT2D eigenvalue weighted by molar-refractivity contribution is 0.112. The summed E-state index contributed by atoms with van der Waals surface area (Å²) in [5, 5.41) is 9.15. The molecule has 0 radical (unpaired) electrons. The molecule has 100 valence electrons. The van der Waals surface area contributed by atoms with E-state index in [2.05, 4.69) is 5.10 Å².